The molecule has 0 bridgehead atoms. The molecular weight excluding hydrogens is 242 g/mol. The third-order valence-corrected chi connectivity index (χ3v) is 2.90. The smallest absolute Gasteiger partial charge is 0.408 e. The quantitative estimate of drug-likeness (QED) is 0.845. The van der Waals surface area contributed by atoms with E-state index in [9.17, 15) is 4.79 Å². The number of amides is 1. The van der Waals surface area contributed by atoms with Crippen LogP contribution in [0.1, 0.15) is 44.4 Å². The molecule has 1 amide bonds. The van der Waals surface area contributed by atoms with Crippen LogP contribution >= 0.6 is 0 Å². The maximum Gasteiger partial charge on any atom is 0.408 e. The van der Waals surface area contributed by atoms with Crippen molar-refractivity contribution >= 4 is 6.09 Å². The molecule has 1 unspecified atom stereocenters. The summed E-state index contributed by atoms with van der Waals surface area (Å²) in [5.74, 6) is 0.845. The minimum atomic E-state index is -0.481. The van der Waals surface area contributed by atoms with Crippen LogP contribution in [-0.2, 0) is 4.74 Å². The summed E-state index contributed by atoms with van der Waals surface area (Å²) in [4.78, 5) is 11.8. The fourth-order valence-electron chi connectivity index (χ4n) is 2.11. The SMILES string of the molecule is Cc1ccc2c(c1)C(NC(=O)OC(C)(C)C)CCO2. The second-order valence-electron chi connectivity index (χ2n) is 5.88. The lowest BCUT2D eigenvalue weighted by Gasteiger charge is -2.28. The molecule has 0 saturated heterocycles. The third-order valence-electron chi connectivity index (χ3n) is 2.90. The Morgan fingerprint density at radius 2 is 2.16 bits per heavy atom. The number of rotatable bonds is 1. The fourth-order valence-corrected chi connectivity index (χ4v) is 2.11. The van der Waals surface area contributed by atoms with Gasteiger partial charge < -0.3 is 14.8 Å². The largest absolute Gasteiger partial charge is 0.493 e. The predicted molar refractivity (Wildman–Crippen MR) is 73.4 cm³/mol. The van der Waals surface area contributed by atoms with E-state index < -0.39 is 5.60 Å². The lowest BCUT2D eigenvalue weighted by Crippen LogP contribution is -2.36. The molecule has 1 heterocycles. The highest BCUT2D eigenvalue weighted by Gasteiger charge is 2.25. The van der Waals surface area contributed by atoms with E-state index in [2.05, 4.69) is 11.4 Å². The monoisotopic (exact) mass is 263 g/mol. The number of carbonyl (C=O) groups excluding carboxylic acids is 1. The Balaban J connectivity index is 2.11. The molecule has 0 aliphatic carbocycles. The maximum absolute atomic E-state index is 11.8. The number of hydrogen-bond donors (Lipinski definition) is 1. The number of fused-ring (bicyclic) bond motifs is 1. The molecule has 1 aromatic rings. The first-order valence-corrected chi connectivity index (χ1v) is 6.58. The molecule has 19 heavy (non-hydrogen) atoms. The standard InChI is InChI=1S/C15H21NO3/c1-10-5-6-13-11(9-10)12(7-8-18-13)16-14(17)19-15(2,3)4/h5-6,9,12H,7-8H2,1-4H3,(H,16,17). The zero-order valence-corrected chi connectivity index (χ0v) is 11.9. The van der Waals surface area contributed by atoms with Crippen LogP contribution in [0.5, 0.6) is 5.75 Å². The number of benzene rings is 1. The van der Waals surface area contributed by atoms with Crippen LogP contribution in [0.15, 0.2) is 18.2 Å². The van der Waals surface area contributed by atoms with E-state index in [4.69, 9.17) is 9.47 Å². The first-order chi connectivity index (χ1) is 8.85. The molecule has 1 atom stereocenters. The second kappa shape index (κ2) is 5.11. The van der Waals surface area contributed by atoms with Crippen molar-refractivity contribution in [3.63, 3.8) is 0 Å². The number of alkyl carbamates (subject to hydrolysis) is 1. The summed E-state index contributed by atoms with van der Waals surface area (Å²) in [6, 6.07) is 5.97. The van der Waals surface area contributed by atoms with Crippen LogP contribution in [-0.4, -0.2) is 18.3 Å². The number of aryl methyl sites for hydroxylation is 1. The summed E-state index contributed by atoms with van der Waals surface area (Å²) in [6.07, 6.45) is 0.377. The van der Waals surface area contributed by atoms with Crippen molar-refractivity contribution in [3.8, 4) is 5.75 Å². The van der Waals surface area contributed by atoms with Crippen molar-refractivity contribution in [2.45, 2.75) is 45.8 Å². The Hall–Kier alpha value is -1.71. The summed E-state index contributed by atoms with van der Waals surface area (Å²) in [5.41, 5.74) is 1.70. The Morgan fingerprint density at radius 3 is 2.84 bits per heavy atom. The highest BCUT2D eigenvalue weighted by Crippen LogP contribution is 2.32. The Labute approximate surface area is 114 Å². The average Bonchev–Trinajstić information content (AvgIpc) is 2.27. The van der Waals surface area contributed by atoms with Gasteiger partial charge in [-0.2, -0.15) is 0 Å². The van der Waals surface area contributed by atoms with E-state index in [1.807, 2.05) is 39.8 Å². The zero-order chi connectivity index (χ0) is 14.0. The first-order valence-electron chi connectivity index (χ1n) is 6.58. The van der Waals surface area contributed by atoms with Crippen LogP contribution in [0.3, 0.4) is 0 Å². The molecule has 2 rings (SSSR count). The molecule has 1 aliphatic heterocycles. The molecule has 0 fully saturated rings. The van der Waals surface area contributed by atoms with Crippen LogP contribution in [0.4, 0.5) is 4.79 Å². The molecule has 1 N–H and O–H groups in total. The van der Waals surface area contributed by atoms with Gasteiger partial charge in [0, 0.05) is 12.0 Å². The van der Waals surface area contributed by atoms with Gasteiger partial charge in [0.1, 0.15) is 11.4 Å². The number of carbonyl (C=O) groups is 1. The summed E-state index contributed by atoms with van der Waals surface area (Å²) in [7, 11) is 0. The van der Waals surface area contributed by atoms with Crippen molar-refractivity contribution in [1.29, 1.82) is 0 Å². The summed E-state index contributed by atoms with van der Waals surface area (Å²) in [6.45, 7) is 8.20. The summed E-state index contributed by atoms with van der Waals surface area (Å²) < 4.78 is 10.9. The van der Waals surface area contributed by atoms with Crippen molar-refractivity contribution < 1.29 is 14.3 Å². The van der Waals surface area contributed by atoms with Crippen molar-refractivity contribution in [1.82, 2.24) is 5.32 Å². The van der Waals surface area contributed by atoms with Gasteiger partial charge in [-0.1, -0.05) is 17.7 Å². The number of hydrogen-bond acceptors (Lipinski definition) is 3. The van der Waals surface area contributed by atoms with Gasteiger partial charge in [-0.25, -0.2) is 4.79 Å². The summed E-state index contributed by atoms with van der Waals surface area (Å²) in [5, 5.41) is 2.92. The molecule has 0 radical (unpaired) electrons. The van der Waals surface area contributed by atoms with Crippen LogP contribution in [0, 0.1) is 6.92 Å². The van der Waals surface area contributed by atoms with Crippen LogP contribution in [0.25, 0.3) is 0 Å². The Bertz CT molecular complexity index is 477. The van der Waals surface area contributed by atoms with Gasteiger partial charge in [-0.15, -0.1) is 0 Å². The van der Waals surface area contributed by atoms with Gasteiger partial charge in [-0.05, 0) is 33.8 Å². The molecular formula is C15H21NO3. The van der Waals surface area contributed by atoms with E-state index in [0.717, 1.165) is 23.3 Å². The van der Waals surface area contributed by atoms with Crippen LogP contribution < -0.4 is 10.1 Å². The minimum Gasteiger partial charge on any atom is -0.493 e. The molecule has 1 aromatic carbocycles. The van der Waals surface area contributed by atoms with Gasteiger partial charge in [0.25, 0.3) is 0 Å². The van der Waals surface area contributed by atoms with Crippen molar-refractivity contribution in [2.24, 2.45) is 0 Å². The first kappa shape index (κ1) is 13.7. The molecule has 0 saturated carbocycles. The normalized spacial score (nSPS) is 18.2. The average molecular weight is 263 g/mol. The third kappa shape index (κ3) is 3.63. The van der Waals surface area contributed by atoms with E-state index in [1.165, 1.54) is 0 Å². The zero-order valence-electron chi connectivity index (χ0n) is 11.9. The van der Waals surface area contributed by atoms with E-state index in [0.29, 0.717) is 6.61 Å². The Kier molecular flexibility index (Phi) is 3.69. The number of nitrogens with one attached hydrogen (secondary N) is 1. The van der Waals surface area contributed by atoms with Gasteiger partial charge in [0.05, 0.1) is 12.6 Å². The van der Waals surface area contributed by atoms with Crippen molar-refractivity contribution in [3.05, 3.63) is 29.3 Å². The Morgan fingerprint density at radius 1 is 1.42 bits per heavy atom. The minimum absolute atomic E-state index is 0.0431. The molecule has 0 spiro atoms. The highest BCUT2D eigenvalue weighted by molar-refractivity contribution is 5.68. The number of ether oxygens (including phenoxy) is 2. The lowest BCUT2D eigenvalue weighted by atomic mass is 9.99. The topological polar surface area (TPSA) is 47.6 Å². The van der Waals surface area contributed by atoms with E-state index in [1.54, 1.807) is 0 Å². The molecule has 1 aliphatic rings. The second-order valence-corrected chi connectivity index (χ2v) is 5.88. The van der Waals surface area contributed by atoms with E-state index in [-0.39, 0.29) is 12.1 Å². The van der Waals surface area contributed by atoms with E-state index >= 15 is 0 Å². The fraction of sp³-hybridized carbons (Fsp3) is 0.533. The van der Waals surface area contributed by atoms with Gasteiger partial charge >= 0.3 is 6.09 Å². The predicted octanol–water partition coefficient (Wildman–Crippen LogP) is 3.34. The van der Waals surface area contributed by atoms with Gasteiger partial charge in [-0.3, -0.25) is 0 Å². The lowest BCUT2D eigenvalue weighted by molar-refractivity contribution is 0.0491. The van der Waals surface area contributed by atoms with Gasteiger partial charge in [0.2, 0.25) is 0 Å². The molecule has 4 heteroatoms. The molecule has 0 aromatic heterocycles. The highest BCUT2D eigenvalue weighted by atomic mass is 16.6. The molecule has 104 valence electrons. The van der Waals surface area contributed by atoms with Gasteiger partial charge in [0.15, 0.2) is 0 Å². The van der Waals surface area contributed by atoms with Crippen LogP contribution in [0.2, 0.25) is 0 Å². The molecule has 4 nitrogen and oxygen atoms in total. The maximum atomic E-state index is 11.8. The summed E-state index contributed by atoms with van der Waals surface area (Å²) >= 11 is 0. The van der Waals surface area contributed by atoms with Crippen molar-refractivity contribution in [2.75, 3.05) is 6.61 Å².